The van der Waals surface area contributed by atoms with Crippen molar-refractivity contribution in [2.24, 2.45) is 0 Å². The first-order chi connectivity index (χ1) is 13.8. The zero-order chi connectivity index (χ0) is 21.3. The lowest BCUT2D eigenvalue weighted by atomic mass is 10.3. The lowest BCUT2D eigenvalue weighted by Gasteiger charge is -2.12. The number of para-hydroxylation sites is 2. The van der Waals surface area contributed by atoms with Crippen LogP contribution in [0.25, 0.3) is 0 Å². The molecule has 156 valence electrons. The highest BCUT2D eigenvalue weighted by Crippen LogP contribution is 2.26. The number of rotatable bonds is 11. The van der Waals surface area contributed by atoms with E-state index < -0.39 is 20.9 Å². The molecule has 10 nitrogen and oxygen atoms in total. The number of carbonyl (C=O) groups is 1. The van der Waals surface area contributed by atoms with Crippen LogP contribution in [0.15, 0.2) is 53.4 Å². The number of hydrogen-bond acceptors (Lipinski definition) is 7. The summed E-state index contributed by atoms with van der Waals surface area (Å²) >= 11 is 0. The summed E-state index contributed by atoms with van der Waals surface area (Å²) in [6.07, 6.45) is 0. The van der Waals surface area contributed by atoms with Crippen LogP contribution in [0.5, 0.6) is 11.5 Å². The number of carbonyl (C=O) groups excluding carboxylic acids is 1. The van der Waals surface area contributed by atoms with E-state index in [2.05, 4.69) is 10.0 Å². The molecule has 1 amide bonds. The second kappa shape index (κ2) is 10.4. The molecule has 2 aromatic carbocycles. The molecule has 2 N–H and O–H groups in total. The van der Waals surface area contributed by atoms with Crippen LogP contribution in [-0.4, -0.2) is 45.6 Å². The molecule has 0 spiro atoms. The highest BCUT2D eigenvalue weighted by Gasteiger charge is 2.15. The molecule has 0 aliphatic carbocycles. The molecule has 0 bridgehead atoms. The average molecular weight is 423 g/mol. The summed E-state index contributed by atoms with van der Waals surface area (Å²) in [6, 6.07) is 11.4. The Morgan fingerprint density at radius 3 is 2.24 bits per heavy atom. The zero-order valence-electron chi connectivity index (χ0n) is 15.7. The van der Waals surface area contributed by atoms with Crippen LogP contribution in [0.2, 0.25) is 0 Å². The van der Waals surface area contributed by atoms with E-state index in [-0.39, 0.29) is 30.3 Å². The first-order valence-electron chi connectivity index (χ1n) is 8.69. The van der Waals surface area contributed by atoms with Gasteiger partial charge in [-0.15, -0.1) is 0 Å². The molecular formula is C18H21N3O7S. The third-order valence-corrected chi connectivity index (χ3v) is 5.08. The van der Waals surface area contributed by atoms with E-state index in [4.69, 9.17) is 9.47 Å². The standard InChI is InChI=1S/C18H21N3O7S/c1-2-27-16-5-3-4-6-17(16)28-13-18(22)19-11-12-20-29(25,26)15-9-7-14(8-10-15)21(23)24/h3-10,20H,2,11-13H2,1H3,(H,19,22). The van der Waals surface area contributed by atoms with E-state index in [1.807, 2.05) is 6.92 Å². The average Bonchev–Trinajstić information content (AvgIpc) is 2.71. The number of amides is 1. The van der Waals surface area contributed by atoms with E-state index in [1.54, 1.807) is 24.3 Å². The normalized spacial score (nSPS) is 10.9. The Hall–Kier alpha value is -3.18. The van der Waals surface area contributed by atoms with E-state index in [9.17, 15) is 23.3 Å². The number of nitrogens with one attached hydrogen (secondary N) is 2. The van der Waals surface area contributed by atoms with Crippen molar-refractivity contribution < 1.29 is 27.6 Å². The van der Waals surface area contributed by atoms with Gasteiger partial charge < -0.3 is 14.8 Å². The van der Waals surface area contributed by atoms with Crippen LogP contribution in [0.4, 0.5) is 5.69 Å². The highest BCUT2D eigenvalue weighted by molar-refractivity contribution is 7.89. The highest BCUT2D eigenvalue weighted by atomic mass is 32.2. The van der Waals surface area contributed by atoms with Crippen LogP contribution in [0, 0.1) is 10.1 Å². The molecule has 2 rings (SSSR count). The van der Waals surface area contributed by atoms with Crippen molar-refractivity contribution in [1.29, 1.82) is 0 Å². The smallest absolute Gasteiger partial charge is 0.269 e. The Morgan fingerprint density at radius 2 is 1.66 bits per heavy atom. The molecule has 11 heteroatoms. The van der Waals surface area contributed by atoms with Gasteiger partial charge >= 0.3 is 0 Å². The first kappa shape index (κ1) is 22.1. The summed E-state index contributed by atoms with van der Waals surface area (Å²) < 4.78 is 37.4. The maximum absolute atomic E-state index is 12.1. The SMILES string of the molecule is CCOc1ccccc1OCC(=O)NCCNS(=O)(=O)c1ccc([N+](=O)[O-])cc1. The minimum Gasteiger partial charge on any atom is -0.490 e. The molecule has 0 unspecified atom stereocenters. The molecule has 0 atom stereocenters. The molecule has 0 saturated heterocycles. The van der Waals surface area contributed by atoms with Gasteiger partial charge in [0.05, 0.1) is 16.4 Å². The van der Waals surface area contributed by atoms with Gasteiger partial charge in [-0.3, -0.25) is 14.9 Å². The van der Waals surface area contributed by atoms with E-state index in [1.165, 1.54) is 0 Å². The van der Waals surface area contributed by atoms with Crippen molar-refractivity contribution in [2.75, 3.05) is 26.3 Å². The maximum atomic E-state index is 12.1. The monoisotopic (exact) mass is 423 g/mol. The minimum absolute atomic E-state index is 0.0432. The van der Waals surface area contributed by atoms with Crippen molar-refractivity contribution in [1.82, 2.24) is 10.0 Å². The van der Waals surface area contributed by atoms with Crippen molar-refractivity contribution in [3.8, 4) is 11.5 Å². The van der Waals surface area contributed by atoms with Gasteiger partial charge in [0.1, 0.15) is 0 Å². The van der Waals surface area contributed by atoms with Gasteiger partial charge in [-0.1, -0.05) is 12.1 Å². The van der Waals surface area contributed by atoms with Gasteiger partial charge in [0.15, 0.2) is 18.1 Å². The molecule has 0 saturated carbocycles. The van der Waals surface area contributed by atoms with Crippen LogP contribution in [-0.2, 0) is 14.8 Å². The van der Waals surface area contributed by atoms with Crippen molar-refractivity contribution in [2.45, 2.75) is 11.8 Å². The summed E-state index contributed by atoms with van der Waals surface area (Å²) in [5.41, 5.74) is -0.206. The second-order valence-corrected chi connectivity index (χ2v) is 7.43. The summed E-state index contributed by atoms with van der Waals surface area (Å²) in [6.45, 7) is 2.03. The Morgan fingerprint density at radius 1 is 1.03 bits per heavy atom. The number of nitrogens with zero attached hydrogens (tertiary/aromatic N) is 1. The quantitative estimate of drug-likeness (QED) is 0.317. The fraction of sp³-hybridized carbons (Fsp3) is 0.278. The Labute approximate surface area is 168 Å². The van der Waals surface area contributed by atoms with Gasteiger partial charge in [0.25, 0.3) is 11.6 Å². The minimum atomic E-state index is -3.84. The topological polar surface area (TPSA) is 137 Å². The summed E-state index contributed by atoms with van der Waals surface area (Å²) in [5.74, 6) is 0.535. The third kappa shape index (κ3) is 6.73. The number of benzene rings is 2. The third-order valence-electron chi connectivity index (χ3n) is 3.60. The second-order valence-electron chi connectivity index (χ2n) is 5.67. The lowest BCUT2D eigenvalue weighted by molar-refractivity contribution is -0.384. The molecule has 29 heavy (non-hydrogen) atoms. The maximum Gasteiger partial charge on any atom is 0.269 e. The molecule has 0 heterocycles. The molecule has 0 fully saturated rings. The van der Waals surface area contributed by atoms with Gasteiger partial charge in [-0.2, -0.15) is 0 Å². The van der Waals surface area contributed by atoms with Crippen LogP contribution >= 0.6 is 0 Å². The number of ether oxygens (including phenoxy) is 2. The van der Waals surface area contributed by atoms with Gasteiger partial charge in [-0.25, -0.2) is 13.1 Å². The number of hydrogen-bond donors (Lipinski definition) is 2. The summed E-state index contributed by atoms with van der Waals surface area (Å²) in [5, 5.41) is 13.1. The van der Waals surface area contributed by atoms with Gasteiger partial charge in [0.2, 0.25) is 10.0 Å². The van der Waals surface area contributed by atoms with Crippen molar-refractivity contribution >= 4 is 21.6 Å². The predicted molar refractivity (Wildman–Crippen MR) is 104 cm³/mol. The van der Waals surface area contributed by atoms with E-state index in [0.717, 1.165) is 24.3 Å². The molecule has 2 aromatic rings. The Kier molecular flexibility index (Phi) is 7.92. The number of non-ortho nitro benzene ring substituents is 1. The van der Waals surface area contributed by atoms with Crippen LogP contribution in [0.3, 0.4) is 0 Å². The molecule has 0 aromatic heterocycles. The lowest BCUT2D eigenvalue weighted by Crippen LogP contribution is -2.36. The summed E-state index contributed by atoms with van der Waals surface area (Å²) in [4.78, 5) is 21.8. The van der Waals surface area contributed by atoms with Crippen molar-refractivity contribution in [3.05, 3.63) is 58.6 Å². The van der Waals surface area contributed by atoms with Crippen LogP contribution in [0.1, 0.15) is 6.92 Å². The van der Waals surface area contributed by atoms with Crippen molar-refractivity contribution in [3.63, 3.8) is 0 Å². The van der Waals surface area contributed by atoms with E-state index >= 15 is 0 Å². The van der Waals surface area contributed by atoms with E-state index in [0.29, 0.717) is 18.1 Å². The Balaban J connectivity index is 1.76. The molecule has 0 radical (unpaired) electrons. The van der Waals surface area contributed by atoms with Gasteiger partial charge in [0, 0.05) is 25.2 Å². The fourth-order valence-corrected chi connectivity index (χ4v) is 3.29. The zero-order valence-corrected chi connectivity index (χ0v) is 16.5. The molecular weight excluding hydrogens is 402 g/mol. The number of nitro groups is 1. The largest absolute Gasteiger partial charge is 0.490 e. The van der Waals surface area contributed by atoms with Gasteiger partial charge in [-0.05, 0) is 31.2 Å². The fourth-order valence-electron chi connectivity index (χ4n) is 2.26. The Bertz CT molecular complexity index is 946. The first-order valence-corrected chi connectivity index (χ1v) is 10.2. The number of sulfonamides is 1. The molecule has 0 aliphatic rings. The van der Waals surface area contributed by atoms with Crippen LogP contribution < -0.4 is 19.5 Å². The number of nitro benzene ring substituents is 1. The molecule has 0 aliphatic heterocycles. The summed E-state index contributed by atoms with van der Waals surface area (Å²) in [7, 11) is -3.84. The predicted octanol–water partition coefficient (Wildman–Crippen LogP) is 1.47.